The molecule has 0 saturated heterocycles. The maximum atomic E-state index is 10.3. The van der Waals surface area contributed by atoms with Crippen molar-refractivity contribution >= 4 is 22.9 Å². The molecule has 0 saturated carbocycles. The molecule has 0 aliphatic heterocycles. The molecule has 2 aromatic rings. The molecule has 0 aliphatic carbocycles. The lowest BCUT2D eigenvalue weighted by Crippen LogP contribution is -2.02. The van der Waals surface area contributed by atoms with Gasteiger partial charge < -0.3 is 5.11 Å². The summed E-state index contributed by atoms with van der Waals surface area (Å²) >= 11 is 7.48. The zero-order chi connectivity index (χ0) is 11.5. The minimum absolute atomic E-state index is 0.622. The molecule has 2 aromatic heterocycles. The van der Waals surface area contributed by atoms with E-state index < -0.39 is 6.10 Å². The van der Waals surface area contributed by atoms with Crippen molar-refractivity contribution in [3.63, 3.8) is 0 Å². The third-order valence-electron chi connectivity index (χ3n) is 2.51. The number of nitrogens with zero attached hydrogens (tertiary/aromatic N) is 1. The van der Waals surface area contributed by atoms with E-state index in [4.69, 9.17) is 11.6 Å². The van der Waals surface area contributed by atoms with Crippen LogP contribution in [0.25, 0.3) is 0 Å². The summed E-state index contributed by atoms with van der Waals surface area (Å²) in [5.41, 5.74) is 1.95. The van der Waals surface area contributed by atoms with Crippen LogP contribution in [0.15, 0.2) is 29.9 Å². The summed E-state index contributed by atoms with van der Waals surface area (Å²) in [5.74, 6) is 0. The number of aliphatic hydroxyl groups is 1. The lowest BCUT2D eigenvalue weighted by atomic mass is 10.0. The molecule has 2 heterocycles. The Hall–Kier alpha value is -0.900. The Bertz CT molecular complexity index is 483. The predicted molar refractivity (Wildman–Crippen MR) is 67.0 cm³/mol. The number of pyridine rings is 1. The molecule has 2 rings (SSSR count). The molecule has 1 unspecified atom stereocenters. The first-order valence-corrected chi connectivity index (χ1v) is 6.33. The average Bonchev–Trinajstić information content (AvgIpc) is 2.74. The summed E-state index contributed by atoms with van der Waals surface area (Å²) in [7, 11) is 0. The first-order chi connectivity index (χ1) is 7.74. The first kappa shape index (κ1) is 11.6. The minimum Gasteiger partial charge on any atom is -0.383 e. The number of aromatic nitrogens is 1. The van der Waals surface area contributed by atoms with Gasteiger partial charge in [0.1, 0.15) is 6.10 Å². The van der Waals surface area contributed by atoms with Crippen LogP contribution in [0.5, 0.6) is 0 Å². The van der Waals surface area contributed by atoms with Crippen LogP contribution in [0.2, 0.25) is 5.02 Å². The highest BCUT2D eigenvalue weighted by Gasteiger charge is 2.17. The van der Waals surface area contributed by atoms with Crippen molar-refractivity contribution in [2.45, 2.75) is 19.4 Å². The number of hydrogen-bond acceptors (Lipinski definition) is 3. The SMILES string of the molecule is CCc1cnccc1C(O)c1sccc1Cl. The third-order valence-corrected chi connectivity index (χ3v) is 3.92. The van der Waals surface area contributed by atoms with E-state index in [-0.39, 0.29) is 0 Å². The van der Waals surface area contributed by atoms with Crippen LogP contribution in [-0.4, -0.2) is 10.1 Å². The van der Waals surface area contributed by atoms with Gasteiger partial charge in [0.25, 0.3) is 0 Å². The monoisotopic (exact) mass is 253 g/mol. The Morgan fingerprint density at radius 1 is 1.50 bits per heavy atom. The Labute approximate surface area is 104 Å². The van der Waals surface area contributed by atoms with Crippen LogP contribution in [0.4, 0.5) is 0 Å². The van der Waals surface area contributed by atoms with Crippen molar-refractivity contribution in [1.29, 1.82) is 0 Å². The van der Waals surface area contributed by atoms with E-state index in [1.54, 1.807) is 18.5 Å². The first-order valence-electron chi connectivity index (χ1n) is 5.07. The zero-order valence-electron chi connectivity index (χ0n) is 8.85. The van der Waals surface area contributed by atoms with Crippen LogP contribution < -0.4 is 0 Å². The molecular formula is C12H12ClNOS. The van der Waals surface area contributed by atoms with Gasteiger partial charge in [-0.25, -0.2) is 0 Å². The van der Waals surface area contributed by atoms with Gasteiger partial charge in [-0.05, 0) is 35.1 Å². The molecule has 0 amide bonds. The third kappa shape index (κ3) is 2.12. The maximum absolute atomic E-state index is 10.3. The molecule has 84 valence electrons. The highest BCUT2D eigenvalue weighted by atomic mass is 35.5. The van der Waals surface area contributed by atoms with E-state index >= 15 is 0 Å². The zero-order valence-corrected chi connectivity index (χ0v) is 10.4. The summed E-state index contributed by atoms with van der Waals surface area (Å²) in [5, 5.41) is 12.8. The van der Waals surface area contributed by atoms with E-state index in [1.165, 1.54) is 11.3 Å². The summed E-state index contributed by atoms with van der Waals surface area (Å²) in [6.45, 7) is 2.04. The fourth-order valence-electron chi connectivity index (χ4n) is 1.64. The highest BCUT2D eigenvalue weighted by Crippen LogP contribution is 2.33. The molecule has 0 aliphatic rings. The number of aryl methyl sites for hydroxylation is 1. The van der Waals surface area contributed by atoms with Gasteiger partial charge in [-0.1, -0.05) is 18.5 Å². The van der Waals surface area contributed by atoms with E-state index in [2.05, 4.69) is 4.98 Å². The maximum Gasteiger partial charge on any atom is 0.115 e. The summed E-state index contributed by atoms with van der Waals surface area (Å²) < 4.78 is 0. The largest absolute Gasteiger partial charge is 0.383 e. The standard InChI is InChI=1S/C12H12ClNOS/c1-2-8-7-14-5-3-9(8)11(15)12-10(13)4-6-16-12/h3-7,11,15H,2H2,1H3. The predicted octanol–water partition coefficient (Wildman–Crippen LogP) is 3.44. The van der Waals surface area contributed by atoms with Gasteiger partial charge in [0.15, 0.2) is 0 Å². The van der Waals surface area contributed by atoms with Crippen LogP contribution in [0.1, 0.15) is 29.0 Å². The van der Waals surface area contributed by atoms with Crippen LogP contribution >= 0.6 is 22.9 Å². The van der Waals surface area contributed by atoms with Gasteiger partial charge in [-0.15, -0.1) is 11.3 Å². The number of aliphatic hydroxyl groups excluding tert-OH is 1. The fraction of sp³-hybridized carbons (Fsp3) is 0.250. The smallest absolute Gasteiger partial charge is 0.115 e. The normalized spacial score (nSPS) is 12.7. The molecule has 0 fully saturated rings. The Kier molecular flexibility index (Phi) is 3.59. The second-order valence-corrected chi connectivity index (χ2v) is 4.82. The molecule has 2 nitrogen and oxygen atoms in total. The van der Waals surface area contributed by atoms with Gasteiger partial charge in [0.05, 0.1) is 9.90 Å². The van der Waals surface area contributed by atoms with Gasteiger partial charge in [0.2, 0.25) is 0 Å². The topological polar surface area (TPSA) is 33.1 Å². The van der Waals surface area contributed by atoms with Gasteiger partial charge in [-0.2, -0.15) is 0 Å². The van der Waals surface area contributed by atoms with Crippen molar-refractivity contribution in [1.82, 2.24) is 4.98 Å². The molecule has 1 N–H and O–H groups in total. The number of hydrogen-bond donors (Lipinski definition) is 1. The molecule has 1 atom stereocenters. The van der Waals surface area contributed by atoms with E-state index in [9.17, 15) is 5.11 Å². The van der Waals surface area contributed by atoms with Crippen LogP contribution in [-0.2, 0) is 6.42 Å². The van der Waals surface area contributed by atoms with Crippen LogP contribution in [0.3, 0.4) is 0 Å². The Balaban J connectivity index is 2.41. The Morgan fingerprint density at radius 3 is 2.94 bits per heavy atom. The number of halogens is 1. The van der Waals surface area contributed by atoms with Gasteiger partial charge in [-0.3, -0.25) is 4.98 Å². The van der Waals surface area contributed by atoms with Gasteiger partial charge in [0, 0.05) is 12.4 Å². The molecule has 0 radical (unpaired) electrons. The fourth-order valence-corrected chi connectivity index (χ4v) is 2.80. The summed E-state index contributed by atoms with van der Waals surface area (Å²) in [4.78, 5) is 4.86. The molecule has 0 bridgehead atoms. The number of rotatable bonds is 3. The molecule has 0 spiro atoms. The average molecular weight is 254 g/mol. The summed E-state index contributed by atoms with van der Waals surface area (Å²) in [6.07, 6.45) is 3.69. The van der Waals surface area contributed by atoms with Gasteiger partial charge >= 0.3 is 0 Å². The molecular weight excluding hydrogens is 242 g/mol. The molecule has 0 aromatic carbocycles. The highest BCUT2D eigenvalue weighted by molar-refractivity contribution is 7.10. The van der Waals surface area contributed by atoms with Crippen molar-refractivity contribution in [3.05, 3.63) is 50.9 Å². The van der Waals surface area contributed by atoms with Crippen LogP contribution in [0, 0.1) is 0 Å². The quantitative estimate of drug-likeness (QED) is 0.909. The summed E-state index contributed by atoms with van der Waals surface area (Å²) in [6, 6.07) is 3.65. The lowest BCUT2D eigenvalue weighted by molar-refractivity contribution is 0.223. The second-order valence-electron chi connectivity index (χ2n) is 3.46. The minimum atomic E-state index is -0.648. The van der Waals surface area contributed by atoms with Crippen molar-refractivity contribution in [2.75, 3.05) is 0 Å². The second kappa shape index (κ2) is 4.95. The molecule has 16 heavy (non-hydrogen) atoms. The lowest BCUT2D eigenvalue weighted by Gasteiger charge is -2.13. The van der Waals surface area contributed by atoms with E-state index in [0.29, 0.717) is 5.02 Å². The van der Waals surface area contributed by atoms with Crippen molar-refractivity contribution in [2.24, 2.45) is 0 Å². The Morgan fingerprint density at radius 2 is 2.31 bits per heavy atom. The molecule has 4 heteroatoms. The van der Waals surface area contributed by atoms with E-state index in [0.717, 1.165) is 22.4 Å². The van der Waals surface area contributed by atoms with Crippen molar-refractivity contribution in [3.8, 4) is 0 Å². The van der Waals surface area contributed by atoms with E-state index in [1.807, 2.05) is 18.4 Å². The number of thiophene rings is 1. The van der Waals surface area contributed by atoms with Crippen molar-refractivity contribution < 1.29 is 5.11 Å².